The Balaban J connectivity index is 2.20. The fraction of sp³-hybridized carbons (Fsp3) is 0.429. The summed E-state index contributed by atoms with van der Waals surface area (Å²) >= 11 is 5.91. The number of carbonyl (C=O) groups excluding carboxylic acids is 1. The maximum Gasteiger partial charge on any atom is 0.303 e. The van der Waals surface area contributed by atoms with E-state index in [4.69, 9.17) is 21.4 Å². The maximum atomic E-state index is 11.5. The molecule has 0 aliphatic heterocycles. The van der Waals surface area contributed by atoms with E-state index in [-0.39, 0.29) is 31.3 Å². The van der Waals surface area contributed by atoms with Crippen molar-refractivity contribution in [1.29, 1.82) is 0 Å². The molecule has 0 fully saturated rings. The second kappa shape index (κ2) is 8.43. The number of rotatable bonds is 8. The SMILES string of the molecule is CC(CNC(=O)CCOc1ccccc1Cl)CC(=O)O. The van der Waals surface area contributed by atoms with Gasteiger partial charge in [0, 0.05) is 13.0 Å². The Kier molecular flexibility index (Phi) is 6.87. The zero-order chi connectivity index (χ0) is 15.0. The first-order valence-corrected chi connectivity index (χ1v) is 6.72. The van der Waals surface area contributed by atoms with E-state index in [1.807, 2.05) is 0 Å². The molecular formula is C14H18ClNO4. The van der Waals surface area contributed by atoms with E-state index in [1.54, 1.807) is 31.2 Å². The van der Waals surface area contributed by atoms with Crippen LogP contribution in [-0.4, -0.2) is 30.1 Å². The van der Waals surface area contributed by atoms with Gasteiger partial charge in [-0.15, -0.1) is 0 Å². The van der Waals surface area contributed by atoms with Crippen molar-refractivity contribution in [3.05, 3.63) is 29.3 Å². The van der Waals surface area contributed by atoms with Crippen LogP contribution in [0.15, 0.2) is 24.3 Å². The molecule has 1 atom stereocenters. The highest BCUT2D eigenvalue weighted by molar-refractivity contribution is 6.32. The van der Waals surface area contributed by atoms with Gasteiger partial charge in [-0.2, -0.15) is 0 Å². The van der Waals surface area contributed by atoms with Crippen LogP contribution in [0, 0.1) is 5.92 Å². The van der Waals surface area contributed by atoms with Crippen LogP contribution in [-0.2, 0) is 9.59 Å². The van der Waals surface area contributed by atoms with Gasteiger partial charge >= 0.3 is 5.97 Å². The lowest BCUT2D eigenvalue weighted by Crippen LogP contribution is -2.30. The van der Waals surface area contributed by atoms with Crippen LogP contribution in [0.2, 0.25) is 5.02 Å². The largest absolute Gasteiger partial charge is 0.491 e. The van der Waals surface area contributed by atoms with Gasteiger partial charge in [-0.3, -0.25) is 9.59 Å². The van der Waals surface area contributed by atoms with Crippen molar-refractivity contribution in [1.82, 2.24) is 5.32 Å². The molecule has 0 heterocycles. The van der Waals surface area contributed by atoms with Crippen molar-refractivity contribution < 1.29 is 19.4 Å². The molecule has 0 bridgehead atoms. The predicted molar refractivity (Wildman–Crippen MR) is 76.0 cm³/mol. The molecule has 0 spiro atoms. The molecule has 6 heteroatoms. The Morgan fingerprint density at radius 3 is 2.75 bits per heavy atom. The lowest BCUT2D eigenvalue weighted by molar-refractivity contribution is -0.138. The van der Waals surface area contributed by atoms with Crippen molar-refractivity contribution in [3.63, 3.8) is 0 Å². The van der Waals surface area contributed by atoms with Crippen LogP contribution in [0.25, 0.3) is 0 Å². The van der Waals surface area contributed by atoms with E-state index < -0.39 is 5.97 Å². The van der Waals surface area contributed by atoms with E-state index in [0.29, 0.717) is 17.3 Å². The molecule has 5 nitrogen and oxygen atoms in total. The first kappa shape index (κ1) is 16.3. The summed E-state index contributed by atoms with van der Waals surface area (Å²) in [4.78, 5) is 22.0. The second-order valence-electron chi connectivity index (χ2n) is 4.54. The fourth-order valence-electron chi connectivity index (χ4n) is 1.56. The van der Waals surface area contributed by atoms with Crippen LogP contribution in [0.1, 0.15) is 19.8 Å². The van der Waals surface area contributed by atoms with E-state index in [1.165, 1.54) is 0 Å². The Morgan fingerprint density at radius 2 is 2.10 bits per heavy atom. The summed E-state index contributed by atoms with van der Waals surface area (Å²) in [5, 5.41) is 11.8. The number of ether oxygens (including phenoxy) is 1. The third-order valence-electron chi connectivity index (χ3n) is 2.59. The van der Waals surface area contributed by atoms with Crippen LogP contribution in [0.4, 0.5) is 0 Å². The Hall–Kier alpha value is -1.75. The first-order valence-electron chi connectivity index (χ1n) is 6.35. The normalized spacial score (nSPS) is 11.7. The van der Waals surface area contributed by atoms with Gasteiger partial charge < -0.3 is 15.2 Å². The van der Waals surface area contributed by atoms with Crippen molar-refractivity contribution in [3.8, 4) is 5.75 Å². The number of hydrogen-bond acceptors (Lipinski definition) is 3. The third kappa shape index (κ3) is 6.43. The summed E-state index contributed by atoms with van der Waals surface area (Å²) in [5.74, 6) is -0.592. The van der Waals surface area contributed by atoms with Gasteiger partial charge in [0.15, 0.2) is 0 Å². The second-order valence-corrected chi connectivity index (χ2v) is 4.94. The molecule has 110 valence electrons. The van der Waals surface area contributed by atoms with Crippen molar-refractivity contribution in [2.45, 2.75) is 19.8 Å². The van der Waals surface area contributed by atoms with Gasteiger partial charge in [0.2, 0.25) is 5.91 Å². The minimum atomic E-state index is -0.867. The van der Waals surface area contributed by atoms with Crippen molar-refractivity contribution in [2.24, 2.45) is 5.92 Å². The standard InChI is InChI=1S/C14H18ClNO4/c1-10(8-14(18)19)9-16-13(17)6-7-20-12-5-3-2-4-11(12)15/h2-5,10H,6-9H2,1H3,(H,16,17)(H,18,19). The molecule has 2 N–H and O–H groups in total. The average Bonchev–Trinajstić information content (AvgIpc) is 2.38. The van der Waals surface area contributed by atoms with Crippen LogP contribution >= 0.6 is 11.6 Å². The van der Waals surface area contributed by atoms with E-state index in [2.05, 4.69) is 5.32 Å². The lowest BCUT2D eigenvalue weighted by Gasteiger charge is -2.11. The number of carboxylic acid groups (broad SMARTS) is 1. The smallest absolute Gasteiger partial charge is 0.303 e. The van der Waals surface area contributed by atoms with Crippen LogP contribution in [0.5, 0.6) is 5.75 Å². The highest BCUT2D eigenvalue weighted by Crippen LogP contribution is 2.22. The first-order chi connectivity index (χ1) is 9.49. The fourth-order valence-corrected chi connectivity index (χ4v) is 1.75. The highest BCUT2D eigenvalue weighted by Gasteiger charge is 2.09. The molecule has 0 aliphatic rings. The zero-order valence-corrected chi connectivity index (χ0v) is 12.0. The Morgan fingerprint density at radius 1 is 1.40 bits per heavy atom. The Bertz CT molecular complexity index is 464. The molecule has 1 aromatic rings. The topological polar surface area (TPSA) is 75.6 Å². The molecule has 0 saturated heterocycles. The zero-order valence-electron chi connectivity index (χ0n) is 11.3. The van der Waals surface area contributed by atoms with Gasteiger partial charge in [-0.05, 0) is 18.1 Å². The predicted octanol–water partition coefficient (Wildman–Crippen LogP) is 2.34. The number of benzene rings is 1. The number of hydrogen-bond donors (Lipinski definition) is 2. The number of halogens is 1. The summed E-state index contributed by atoms with van der Waals surface area (Å²) < 4.78 is 5.39. The van der Waals surface area contributed by atoms with Gasteiger partial charge in [-0.25, -0.2) is 0 Å². The van der Waals surface area contributed by atoms with E-state index >= 15 is 0 Å². The molecule has 1 amide bonds. The van der Waals surface area contributed by atoms with Crippen molar-refractivity contribution in [2.75, 3.05) is 13.2 Å². The highest BCUT2D eigenvalue weighted by atomic mass is 35.5. The molecule has 20 heavy (non-hydrogen) atoms. The molecule has 1 rings (SSSR count). The number of para-hydroxylation sites is 1. The summed E-state index contributed by atoms with van der Waals surface area (Å²) in [7, 11) is 0. The summed E-state index contributed by atoms with van der Waals surface area (Å²) in [5.41, 5.74) is 0. The molecule has 0 radical (unpaired) electrons. The van der Waals surface area contributed by atoms with E-state index in [9.17, 15) is 9.59 Å². The summed E-state index contributed by atoms with van der Waals surface area (Å²) in [6, 6.07) is 7.04. The van der Waals surface area contributed by atoms with Crippen molar-refractivity contribution >= 4 is 23.5 Å². The third-order valence-corrected chi connectivity index (χ3v) is 2.91. The molecule has 0 saturated carbocycles. The maximum absolute atomic E-state index is 11.5. The van der Waals surface area contributed by atoms with Gasteiger partial charge in [-0.1, -0.05) is 30.7 Å². The number of nitrogens with one attached hydrogen (secondary N) is 1. The summed E-state index contributed by atoms with van der Waals surface area (Å²) in [6.45, 7) is 2.34. The minimum absolute atomic E-state index is 0.0381. The number of carboxylic acids is 1. The average molecular weight is 300 g/mol. The number of aliphatic carboxylic acids is 1. The minimum Gasteiger partial charge on any atom is -0.491 e. The van der Waals surface area contributed by atoms with E-state index in [0.717, 1.165) is 0 Å². The van der Waals surface area contributed by atoms with Crippen LogP contribution < -0.4 is 10.1 Å². The number of amides is 1. The molecule has 1 unspecified atom stereocenters. The number of carbonyl (C=O) groups is 2. The summed E-state index contributed by atoms with van der Waals surface area (Å²) in [6.07, 6.45) is 0.238. The quantitative estimate of drug-likeness (QED) is 0.772. The van der Waals surface area contributed by atoms with Gasteiger partial charge in [0.25, 0.3) is 0 Å². The molecule has 0 aromatic heterocycles. The Labute approximate surface area is 122 Å². The van der Waals surface area contributed by atoms with Gasteiger partial charge in [0.05, 0.1) is 18.1 Å². The molecule has 1 aromatic carbocycles. The monoisotopic (exact) mass is 299 g/mol. The molecular weight excluding hydrogens is 282 g/mol. The molecule has 0 aliphatic carbocycles. The van der Waals surface area contributed by atoms with Gasteiger partial charge in [0.1, 0.15) is 5.75 Å². The van der Waals surface area contributed by atoms with Crippen LogP contribution in [0.3, 0.4) is 0 Å². The lowest BCUT2D eigenvalue weighted by atomic mass is 10.1.